The number of nitrogens with zero attached hydrogens (tertiary/aromatic N) is 3. The number of carboxylic acids is 1. The van der Waals surface area contributed by atoms with Crippen LogP contribution in [-0.4, -0.2) is 47.5 Å². The molecule has 166 valence electrons. The van der Waals surface area contributed by atoms with Crippen LogP contribution in [0.3, 0.4) is 0 Å². The number of nitrogens with one attached hydrogen (secondary N) is 1. The predicted octanol–water partition coefficient (Wildman–Crippen LogP) is 0.183. The average molecular weight is 455 g/mol. The number of aromatic carboxylic acids is 1. The third-order valence-corrected chi connectivity index (χ3v) is 7.11. The summed E-state index contributed by atoms with van der Waals surface area (Å²) >= 11 is 0. The zero-order chi connectivity index (χ0) is 22.9. The van der Waals surface area contributed by atoms with E-state index in [1.54, 1.807) is 12.1 Å². The molecule has 0 unspecified atom stereocenters. The maximum absolute atomic E-state index is 12.6. The molecule has 1 N–H and O–H groups in total. The van der Waals surface area contributed by atoms with E-state index in [4.69, 9.17) is 0 Å². The van der Waals surface area contributed by atoms with Gasteiger partial charge in [0.2, 0.25) is 15.9 Å². The van der Waals surface area contributed by atoms with Crippen molar-refractivity contribution in [2.24, 2.45) is 0 Å². The van der Waals surface area contributed by atoms with Crippen LogP contribution < -0.4 is 16.0 Å². The van der Waals surface area contributed by atoms with Crippen LogP contribution in [0, 0.1) is 0 Å². The third-order valence-electron chi connectivity index (χ3n) is 5.20. The molecule has 11 heteroatoms. The number of hydrogen-bond acceptors (Lipinski definition) is 7. The summed E-state index contributed by atoms with van der Waals surface area (Å²) in [5.74, 6) is -2.19. The summed E-state index contributed by atoms with van der Waals surface area (Å²) in [7, 11) is -3.57. The molecule has 4 rings (SSSR count). The van der Waals surface area contributed by atoms with Gasteiger partial charge in [-0.15, -0.1) is 0 Å². The van der Waals surface area contributed by atoms with Crippen LogP contribution in [0.4, 0.5) is 5.69 Å². The monoisotopic (exact) mass is 455 g/mol. The molecule has 0 bridgehead atoms. The second-order valence-electron chi connectivity index (χ2n) is 7.33. The summed E-state index contributed by atoms with van der Waals surface area (Å²) < 4.78 is 27.3. The molecular weight excluding hydrogens is 436 g/mol. The van der Waals surface area contributed by atoms with Crippen molar-refractivity contribution >= 4 is 38.4 Å². The van der Waals surface area contributed by atoms with Crippen LogP contribution >= 0.6 is 0 Å². The minimum absolute atomic E-state index is 0.103. The fraction of sp³-hybridized carbons (Fsp3) is 0.238. The Labute approximate surface area is 183 Å². The fourth-order valence-electron chi connectivity index (χ4n) is 3.62. The normalized spacial score (nSPS) is 14.5. The molecule has 2 heterocycles. The zero-order valence-electron chi connectivity index (χ0n) is 16.9. The number of carboxylic acid groups (broad SMARTS) is 1. The Bertz CT molecular complexity index is 1360. The summed E-state index contributed by atoms with van der Waals surface area (Å²) in [6, 6.07) is 11.7. The standard InChI is InChI=1S/C21H20N4O6S/c26-18(13-25-20(27)17-6-2-1-5-16(17)19(23-25)21(28)29)22-14-7-9-15(10-8-14)32(30,31)24-11-3-4-12-24/h1-2,5-10H,3-4,11-13H2,(H,22,26)(H,28,29)/p-1. The molecular formula is C21H19N4O6S-. The van der Waals surface area contributed by atoms with Gasteiger partial charge in [0.15, 0.2) is 0 Å². The number of rotatable bonds is 6. The van der Waals surface area contributed by atoms with Crippen molar-refractivity contribution in [1.82, 2.24) is 14.1 Å². The van der Waals surface area contributed by atoms with Crippen LogP contribution in [0.2, 0.25) is 0 Å². The number of hydrogen-bond donors (Lipinski definition) is 1. The molecule has 0 atom stereocenters. The highest BCUT2D eigenvalue weighted by Crippen LogP contribution is 2.22. The van der Waals surface area contributed by atoms with Gasteiger partial charge in [-0.25, -0.2) is 13.1 Å². The first-order chi connectivity index (χ1) is 15.3. The SMILES string of the molecule is O=C(Cn1nc(C(=O)[O-])c2ccccc2c1=O)Nc1ccc(S(=O)(=O)N2CCCC2)cc1. The lowest BCUT2D eigenvalue weighted by Crippen LogP contribution is -2.34. The summed E-state index contributed by atoms with van der Waals surface area (Å²) in [6.45, 7) is 0.447. The Kier molecular flexibility index (Phi) is 5.76. The molecule has 1 fully saturated rings. The van der Waals surface area contributed by atoms with Crippen molar-refractivity contribution in [3.63, 3.8) is 0 Å². The molecule has 1 amide bonds. The van der Waals surface area contributed by atoms with Gasteiger partial charge in [-0.1, -0.05) is 18.2 Å². The lowest BCUT2D eigenvalue weighted by atomic mass is 10.1. The van der Waals surface area contributed by atoms with Gasteiger partial charge in [0, 0.05) is 24.2 Å². The smallest absolute Gasteiger partial charge is 0.275 e. The number of amides is 1. The van der Waals surface area contributed by atoms with Gasteiger partial charge >= 0.3 is 0 Å². The van der Waals surface area contributed by atoms with Crippen molar-refractivity contribution in [2.45, 2.75) is 24.3 Å². The lowest BCUT2D eigenvalue weighted by Gasteiger charge is -2.16. The Morgan fingerprint density at radius 2 is 1.62 bits per heavy atom. The summed E-state index contributed by atoms with van der Waals surface area (Å²) in [6.07, 6.45) is 1.66. The first-order valence-electron chi connectivity index (χ1n) is 9.88. The van der Waals surface area contributed by atoms with Crippen LogP contribution in [0.25, 0.3) is 10.8 Å². The molecule has 1 saturated heterocycles. The highest BCUT2D eigenvalue weighted by Gasteiger charge is 2.27. The number of benzene rings is 2. The zero-order valence-corrected chi connectivity index (χ0v) is 17.7. The van der Waals surface area contributed by atoms with E-state index in [0.717, 1.165) is 17.5 Å². The lowest BCUT2D eigenvalue weighted by molar-refractivity contribution is -0.255. The molecule has 2 aromatic carbocycles. The van der Waals surface area contributed by atoms with Gasteiger partial charge in [-0.3, -0.25) is 9.59 Å². The van der Waals surface area contributed by atoms with Gasteiger partial charge in [-0.05, 0) is 43.2 Å². The van der Waals surface area contributed by atoms with Gasteiger partial charge in [0.05, 0.1) is 16.3 Å². The van der Waals surface area contributed by atoms with Gasteiger partial charge < -0.3 is 15.2 Å². The maximum Gasteiger partial charge on any atom is 0.275 e. The Morgan fingerprint density at radius 1 is 1.00 bits per heavy atom. The molecule has 32 heavy (non-hydrogen) atoms. The predicted molar refractivity (Wildman–Crippen MR) is 113 cm³/mol. The van der Waals surface area contributed by atoms with Gasteiger partial charge in [0.1, 0.15) is 12.2 Å². The van der Waals surface area contributed by atoms with Crippen molar-refractivity contribution < 1.29 is 23.1 Å². The number of fused-ring (bicyclic) bond motifs is 1. The van der Waals surface area contributed by atoms with E-state index < -0.39 is 39.7 Å². The first-order valence-corrected chi connectivity index (χ1v) is 11.3. The molecule has 1 aliphatic heterocycles. The van der Waals surface area contributed by atoms with E-state index in [-0.39, 0.29) is 15.7 Å². The Hall–Kier alpha value is -3.57. The topological polar surface area (TPSA) is 142 Å². The average Bonchev–Trinajstić information content (AvgIpc) is 3.32. The fourth-order valence-corrected chi connectivity index (χ4v) is 5.13. The number of anilines is 1. The number of carbonyl (C=O) groups is 2. The quantitative estimate of drug-likeness (QED) is 0.559. The van der Waals surface area contributed by atoms with Crippen LogP contribution in [0.1, 0.15) is 23.3 Å². The molecule has 0 saturated carbocycles. The molecule has 0 spiro atoms. The molecule has 1 aromatic heterocycles. The van der Waals surface area contributed by atoms with E-state index in [1.165, 1.54) is 40.7 Å². The van der Waals surface area contributed by atoms with Gasteiger partial charge in [0.25, 0.3) is 5.56 Å². The van der Waals surface area contributed by atoms with Crippen molar-refractivity contribution in [3.05, 3.63) is 64.6 Å². The molecule has 1 aliphatic rings. The van der Waals surface area contributed by atoms with Crippen LogP contribution in [-0.2, 0) is 21.4 Å². The summed E-state index contributed by atoms with van der Waals surface area (Å²) in [5.41, 5.74) is -0.735. The Balaban J connectivity index is 1.53. The van der Waals surface area contributed by atoms with Crippen LogP contribution in [0.5, 0.6) is 0 Å². The number of carbonyl (C=O) groups excluding carboxylic acids is 2. The van der Waals surface area contributed by atoms with E-state index in [9.17, 15) is 27.9 Å². The minimum atomic E-state index is -3.57. The maximum atomic E-state index is 12.6. The highest BCUT2D eigenvalue weighted by atomic mass is 32.2. The van der Waals surface area contributed by atoms with Gasteiger partial charge in [-0.2, -0.15) is 9.40 Å². The second-order valence-corrected chi connectivity index (χ2v) is 9.27. The van der Waals surface area contributed by atoms with E-state index in [1.807, 2.05) is 0 Å². The van der Waals surface area contributed by atoms with E-state index >= 15 is 0 Å². The largest absolute Gasteiger partial charge is 0.543 e. The molecule has 3 aromatic rings. The molecule has 10 nitrogen and oxygen atoms in total. The van der Waals surface area contributed by atoms with Crippen molar-refractivity contribution in [3.8, 4) is 0 Å². The first kappa shape index (κ1) is 21.7. The molecule has 0 aliphatic carbocycles. The molecule has 0 radical (unpaired) electrons. The Morgan fingerprint density at radius 3 is 2.25 bits per heavy atom. The minimum Gasteiger partial charge on any atom is -0.543 e. The van der Waals surface area contributed by atoms with E-state index in [0.29, 0.717) is 18.8 Å². The van der Waals surface area contributed by atoms with Crippen LogP contribution in [0.15, 0.2) is 58.2 Å². The summed E-state index contributed by atoms with van der Waals surface area (Å²) in [4.78, 5) is 36.6. The van der Waals surface area contributed by atoms with Crippen molar-refractivity contribution in [1.29, 1.82) is 0 Å². The number of sulfonamides is 1. The highest BCUT2D eigenvalue weighted by molar-refractivity contribution is 7.89. The van der Waals surface area contributed by atoms with E-state index in [2.05, 4.69) is 10.4 Å². The second kappa shape index (κ2) is 8.52. The third kappa shape index (κ3) is 4.12. The number of aromatic nitrogens is 2. The van der Waals surface area contributed by atoms with Crippen molar-refractivity contribution in [2.75, 3.05) is 18.4 Å². The summed E-state index contributed by atoms with van der Waals surface area (Å²) in [5, 5.41) is 18.0.